The van der Waals surface area contributed by atoms with Crippen LogP contribution in [0.2, 0.25) is 0 Å². The molecule has 0 aromatic carbocycles. The Morgan fingerprint density at radius 1 is 1.14 bits per heavy atom. The van der Waals surface area contributed by atoms with Gasteiger partial charge in [0, 0.05) is 24.3 Å². The normalized spacial score (nSPS) is 11.6. The number of anilines is 3. The molecule has 3 heterocycles. The number of hydrogen-bond acceptors (Lipinski definition) is 8. The van der Waals surface area contributed by atoms with Gasteiger partial charge in [-0.15, -0.1) is 0 Å². The summed E-state index contributed by atoms with van der Waals surface area (Å²) in [6, 6.07) is 5.20. The summed E-state index contributed by atoms with van der Waals surface area (Å²) in [7, 11) is 0. The Morgan fingerprint density at radius 3 is 2.61 bits per heavy atom. The van der Waals surface area contributed by atoms with Crippen LogP contribution in [0.15, 0.2) is 35.5 Å². The van der Waals surface area contributed by atoms with Gasteiger partial charge in [0.1, 0.15) is 23.8 Å². The Hall–Kier alpha value is -3.04. The fraction of sp³-hybridized carbons (Fsp3) is 0.368. The van der Waals surface area contributed by atoms with E-state index in [1.807, 2.05) is 26.8 Å². The molecule has 0 unspecified atom stereocenters. The molecule has 0 bridgehead atoms. The topological polar surface area (TPSA) is 125 Å². The first kappa shape index (κ1) is 19.7. The molecule has 0 aliphatic carbocycles. The molecule has 0 fully saturated rings. The quantitative estimate of drug-likeness (QED) is 0.505. The van der Waals surface area contributed by atoms with Crippen LogP contribution >= 0.6 is 0 Å². The molecule has 28 heavy (non-hydrogen) atoms. The van der Waals surface area contributed by atoms with E-state index >= 15 is 0 Å². The van der Waals surface area contributed by atoms with Crippen molar-refractivity contribution in [1.82, 2.24) is 19.5 Å². The Morgan fingerprint density at radius 2 is 1.93 bits per heavy atom. The van der Waals surface area contributed by atoms with Gasteiger partial charge in [0.05, 0.1) is 24.3 Å². The van der Waals surface area contributed by atoms with Gasteiger partial charge in [0.15, 0.2) is 0 Å². The van der Waals surface area contributed by atoms with Crippen LogP contribution in [0.1, 0.15) is 26.5 Å². The first-order valence-electron chi connectivity index (χ1n) is 8.93. The zero-order chi connectivity index (χ0) is 20.3. The molecule has 0 spiro atoms. The van der Waals surface area contributed by atoms with Crippen molar-refractivity contribution in [3.8, 4) is 0 Å². The van der Waals surface area contributed by atoms with Crippen molar-refractivity contribution in [3.63, 3.8) is 0 Å². The molecule has 0 radical (unpaired) electrons. The molecule has 0 atom stereocenters. The van der Waals surface area contributed by atoms with Gasteiger partial charge in [-0.1, -0.05) is 0 Å². The molecule has 3 aromatic heterocycles. The van der Waals surface area contributed by atoms with Crippen molar-refractivity contribution in [2.45, 2.75) is 39.5 Å². The monoisotopic (exact) mass is 384 g/mol. The van der Waals surface area contributed by atoms with Gasteiger partial charge in [0.25, 0.3) is 5.56 Å². The van der Waals surface area contributed by atoms with Crippen LogP contribution in [0, 0.1) is 0 Å². The van der Waals surface area contributed by atoms with Gasteiger partial charge in [0.2, 0.25) is 0 Å². The van der Waals surface area contributed by atoms with E-state index < -0.39 is 0 Å². The van der Waals surface area contributed by atoms with Crippen molar-refractivity contribution in [2.24, 2.45) is 0 Å². The molecule has 4 N–H and O–H groups in total. The third-order valence-electron chi connectivity index (χ3n) is 3.93. The lowest BCUT2D eigenvalue weighted by atomic mass is 10.1. The lowest BCUT2D eigenvalue weighted by molar-refractivity contribution is 0.274. The highest BCUT2D eigenvalue weighted by molar-refractivity contribution is 5.93. The van der Waals surface area contributed by atoms with E-state index in [9.17, 15) is 15.0 Å². The zero-order valence-electron chi connectivity index (χ0n) is 16.1. The minimum Gasteiger partial charge on any atom is -0.395 e. The van der Waals surface area contributed by atoms with E-state index in [2.05, 4.69) is 25.6 Å². The van der Waals surface area contributed by atoms with Gasteiger partial charge >= 0.3 is 0 Å². The van der Waals surface area contributed by atoms with Crippen molar-refractivity contribution < 1.29 is 10.2 Å². The van der Waals surface area contributed by atoms with E-state index in [0.717, 1.165) is 0 Å². The van der Waals surface area contributed by atoms with Crippen LogP contribution in [0.3, 0.4) is 0 Å². The van der Waals surface area contributed by atoms with Crippen LogP contribution in [0.25, 0.3) is 10.8 Å². The number of aromatic nitrogens is 4. The molecule has 9 nitrogen and oxygen atoms in total. The number of nitrogens with zero attached hydrogens (tertiary/aromatic N) is 4. The summed E-state index contributed by atoms with van der Waals surface area (Å²) in [4.78, 5) is 25.6. The average molecular weight is 384 g/mol. The maximum atomic E-state index is 12.9. The number of hydrogen-bond donors (Lipinski definition) is 4. The van der Waals surface area contributed by atoms with E-state index in [1.54, 1.807) is 18.3 Å². The highest BCUT2D eigenvalue weighted by atomic mass is 16.3. The Labute approximate surface area is 162 Å². The van der Waals surface area contributed by atoms with Crippen LogP contribution < -0.4 is 16.2 Å². The number of aliphatic hydroxyl groups excluding tert-OH is 2. The number of nitrogens with one attached hydrogen (secondary N) is 2. The van der Waals surface area contributed by atoms with E-state index in [4.69, 9.17) is 0 Å². The number of pyridine rings is 2. The van der Waals surface area contributed by atoms with Gasteiger partial charge in [-0.05, 0) is 38.3 Å². The van der Waals surface area contributed by atoms with Crippen LogP contribution in [-0.4, -0.2) is 41.9 Å². The minimum atomic E-state index is -0.318. The zero-order valence-corrected chi connectivity index (χ0v) is 16.1. The summed E-state index contributed by atoms with van der Waals surface area (Å²) in [5.41, 5.74) is -0.0538. The molecule has 0 amide bonds. The summed E-state index contributed by atoms with van der Waals surface area (Å²) >= 11 is 0. The lowest BCUT2D eigenvalue weighted by Gasteiger charge is -2.23. The van der Waals surface area contributed by atoms with Crippen molar-refractivity contribution in [1.29, 1.82) is 0 Å². The number of rotatable bonds is 6. The third-order valence-corrected chi connectivity index (χ3v) is 3.93. The van der Waals surface area contributed by atoms with Crippen molar-refractivity contribution >= 4 is 28.2 Å². The van der Waals surface area contributed by atoms with Crippen LogP contribution in [0.5, 0.6) is 0 Å². The molecular weight excluding hydrogens is 360 g/mol. The number of fused-ring (bicyclic) bond motifs is 1. The molecule has 0 saturated carbocycles. The summed E-state index contributed by atoms with van der Waals surface area (Å²) in [6.07, 6.45) is 3.01. The fourth-order valence-corrected chi connectivity index (χ4v) is 2.78. The molecular formula is C19H24N6O3. The predicted molar refractivity (Wildman–Crippen MR) is 108 cm³/mol. The van der Waals surface area contributed by atoms with E-state index in [0.29, 0.717) is 33.9 Å². The summed E-state index contributed by atoms with van der Waals surface area (Å²) in [5, 5.41) is 26.0. The highest BCUT2D eigenvalue weighted by Gasteiger charge is 2.17. The fourth-order valence-electron chi connectivity index (χ4n) is 2.78. The molecule has 9 heteroatoms. The van der Waals surface area contributed by atoms with Crippen LogP contribution in [0.4, 0.5) is 17.5 Å². The Kier molecular flexibility index (Phi) is 5.57. The minimum absolute atomic E-state index is 0.124. The summed E-state index contributed by atoms with van der Waals surface area (Å²) in [6.45, 7) is 5.84. The lowest BCUT2D eigenvalue weighted by Crippen LogP contribution is -2.29. The Balaban J connectivity index is 2.12. The maximum absolute atomic E-state index is 12.9. The second-order valence-electron chi connectivity index (χ2n) is 7.41. The first-order chi connectivity index (χ1) is 13.3. The largest absolute Gasteiger partial charge is 0.395 e. The molecule has 148 valence electrons. The second-order valence-corrected chi connectivity index (χ2v) is 7.41. The third kappa shape index (κ3) is 4.44. The summed E-state index contributed by atoms with van der Waals surface area (Å²) in [5.74, 6) is 1.43. The van der Waals surface area contributed by atoms with Crippen LogP contribution in [-0.2, 0) is 13.2 Å². The van der Waals surface area contributed by atoms with Crippen molar-refractivity contribution in [2.75, 3.05) is 17.2 Å². The molecule has 3 aromatic rings. The standard InChI is InChI=1S/C19H24N6O3/c1-19(2,3)24-17-16-12(4-5-25(6-7-26)18(16)28)8-15(23-17)22-14-9-13(10-27)20-11-21-14/h4-5,8-9,11,26-27H,6-7,10H2,1-3H3,(H2,20,21,22,23,24). The molecule has 0 aliphatic rings. The molecule has 0 aliphatic heterocycles. The Bertz CT molecular complexity index is 1040. The van der Waals surface area contributed by atoms with Gasteiger partial charge in [-0.2, -0.15) is 0 Å². The van der Waals surface area contributed by atoms with Gasteiger partial charge < -0.3 is 25.4 Å². The van der Waals surface area contributed by atoms with E-state index in [-0.39, 0.29) is 30.9 Å². The van der Waals surface area contributed by atoms with Gasteiger partial charge in [-0.3, -0.25) is 4.79 Å². The predicted octanol–water partition coefficient (Wildman–Crippen LogP) is 1.63. The molecule has 0 saturated heterocycles. The highest BCUT2D eigenvalue weighted by Crippen LogP contribution is 2.26. The number of aliphatic hydroxyl groups is 2. The maximum Gasteiger partial charge on any atom is 0.262 e. The molecule has 3 rings (SSSR count). The van der Waals surface area contributed by atoms with Crippen molar-refractivity contribution in [3.05, 3.63) is 46.8 Å². The summed E-state index contributed by atoms with van der Waals surface area (Å²) < 4.78 is 1.46. The van der Waals surface area contributed by atoms with E-state index in [1.165, 1.54) is 10.9 Å². The first-order valence-corrected chi connectivity index (χ1v) is 8.93. The second kappa shape index (κ2) is 7.91. The van der Waals surface area contributed by atoms with Gasteiger partial charge in [-0.25, -0.2) is 15.0 Å². The SMILES string of the molecule is CC(C)(C)Nc1nc(Nc2cc(CO)ncn2)cc2ccn(CCO)c(=O)c12. The smallest absolute Gasteiger partial charge is 0.262 e. The average Bonchev–Trinajstić information content (AvgIpc) is 2.63.